The number of carbonyl (C=O) groups excluding carboxylic acids is 1. The van der Waals surface area contributed by atoms with Crippen LogP contribution in [0.2, 0.25) is 0 Å². The molecule has 0 spiro atoms. The van der Waals surface area contributed by atoms with E-state index in [1.807, 2.05) is 0 Å². The number of rotatable bonds is 4. The van der Waals surface area contributed by atoms with Gasteiger partial charge in [-0.15, -0.1) is 0 Å². The molecule has 1 amide bonds. The summed E-state index contributed by atoms with van der Waals surface area (Å²) >= 11 is 0. The van der Waals surface area contributed by atoms with E-state index < -0.39 is 40.1 Å². The van der Waals surface area contributed by atoms with Gasteiger partial charge in [0.2, 0.25) is 0 Å². The maximum Gasteiger partial charge on any atom is 0.407 e. The quantitative estimate of drug-likeness (QED) is 0.839. The lowest BCUT2D eigenvalue weighted by molar-refractivity contribution is 0.0515. The number of alkyl carbamates (subject to hydrolysis) is 1. The number of halogens is 3. The first kappa shape index (κ1) is 18.3. The number of nitrogens with one attached hydrogen (secondary N) is 1. The van der Waals surface area contributed by atoms with Crippen molar-refractivity contribution in [2.24, 2.45) is 5.73 Å². The van der Waals surface area contributed by atoms with E-state index in [9.17, 15) is 18.0 Å². The van der Waals surface area contributed by atoms with E-state index in [4.69, 9.17) is 10.5 Å². The summed E-state index contributed by atoms with van der Waals surface area (Å²) in [5.41, 5.74) is 3.08. The molecule has 3 N–H and O–H groups in total. The Balaban J connectivity index is 2.99. The molecule has 4 nitrogen and oxygen atoms in total. The van der Waals surface area contributed by atoms with Crippen LogP contribution in [0.25, 0.3) is 0 Å². The highest BCUT2D eigenvalue weighted by molar-refractivity contribution is 5.67. The van der Waals surface area contributed by atoms with Gasteiger partial charge in [0.05, 0.1) is 0 Å². The highest BCUT2D eigenvalue weighted by Gasteiger charge is 2.34. The zero-order valence-corrected chi connectivity index (χ0v) is 13.1. The predicted octanol–water partition coefficient (Wildman–Crippen LogP) is 2.84. The largest absolute Gasteiger partial charge is 0.444 e. The Morgan fingerprint density at radius 2 is 1.73 bits per heavy atom. The molecule has 22 heavy (non-hydrogen) atoms. The first-order valence-electron chi connectivity index (χ1n) is 6.81. The number of hydrogen-bond donors (Lipinski definition) is 2. The second-order valence-electron chi connectivity index (χ2n) is 6.34. The fraction of sp³-hybridized carbons (Fsp3) is 0.533. The van der Waals surface area contributed by atoms with Gasteiger partial charge in [-0.25, -0.2) is 18.0 Å². The van der Waals surface area contributed by atoms with Crippen molar-refractivity contribution in [2.45, 2.75) is 38.7 Å². The van der Waals surface area contributed by atoms with E-state index in [1.165, 1.54) is 6.92 Å². The average molecular weight is 318 g/mol. The minimum Gasteiger partial charge on any atom is -0.444 e. The first-order valence-corrected chi connectivity index (χ1v) is 6.81. The van der Waals surface area contributed by atoms with Crippen molar-refractivity contribution in [3.63, 3.8) is 0 Å². The predicted molar refractivity (Wildman–Crippen MR) is 77.0 cm³/mol. The fourth-order valence-electron chi connectivity index (χ4n) is 1.92. The zero-order chi connectivity index (χ0) is 17.1. The zero-order valence-electron chi connectivity index (χ0n) is 13.1. The number of carbonyl (C=O) groups is 1. The summed E-state index contributed by atoms with van der Waals surface area (Å²) in [6.07, 6.45) is -0.746. The van der Waals surface area contributed by atoms with Crippen molar-refractivity contribution in [1.82, 2.24) is 5.32 Å². The summed E-state index contributed by atoms with van der Waals surface area (Å²) in [6, 6.07) is 1.53. The van der Waals surface area contributed by atoms with Crippen LogP contribution in [0.1, 0.15) is 33.3 Å². The summed E-state index contributed by atoms with van der Waals surface area (Å²) in [5.74, 6) is -3.40. The van der Waals surface area contributed by atoms with Gasteiger partial charge in [0, 0.05) is 24.1 Å². The highest BCUT2D eigenvalue weighted by atomic mass is 19.2. The van der Waals surface area contributed by atoms with Crippen molar-refractivity contribution >= 4 is 6.09 Å². The molecular formula is C15H21F3N2O2. The molecule has 0 fully saturated rings. The second-order valence-corrected chi connectivity index (χ2v) is 6.34. The molecule has 0 aliphatic heterocycles. The van der Waals surface area contributed by atoms with Gasteiger partial charge in [0.25, 0.3) is 0 Å². The molecule has 7 heteroatoms. The van der Waals surface area contributed by atoms with Gasteiger partial charge < -0.3 is 15.8 Å². The van der Waals surface area contributed by atoms with Crippen molar-refractivity contribution in [1.29, 1.82) is 0 Å². The Labute approximate surface area is 127 Å². The average Bonchev–Trinajstić information content (AvgIpc) is 2.39. The molecule has 0 radical (unpaired) electrons. The van der Waals surface area contributed by atoms with Gasteiger partial charge in [-0.05, 0) is 32.9 Å². The third kappa shape index (κ3) is 4.37. The number of hydrogen-bond acceptors (Lipinski definition) is 3. The van der Waals surface area contributed by atoms with Crippen LogP contribution >= 0.6 is 0 Å². The van der Waals surface area contributed by atoms with Crippen LogP contribution in [0.5, 0.6) is 0 Å². The van der Waals surface area contributed by atoms with E-state index >= 15 is 0 Å². The van der Waals surface area contributed by atoms with Crippen LogP contribution in [0, 0.1) is 17.5 Å². The van der Waals surface area contributed by atoms with Gasteiger partial charge in [-0.1, -0.05) is 6.92 Å². The van der Waals surface area contributed by atoms with E-state index in [-0.39, 0.29) is 13.1 Å². The summed E-state index contributed by atoms with van der Waals surface area (Å²) in [6.45, 7) is 6.09. The van der Waals surface area contributed by atoms with Gasteiger partial charge in [0.15, 0.2) is 11.6 Å². The van der Waals surface area contributed by atoms with Crippen molar-refractivity contribution < 1.29 is 22.7 Å². The molecule has 0 saturated carbocycles. The number of ether oxygens (including phenoxy) is 1. The van der Waals surface area contributed by atoms with Crippen LogP contribution < -0.4 is 11.1 Å². The van der Waals surface area contributed by atoms with Crippen molar-refractivity contribution in [3.8, 4) is 0 Å². The SMILES string of the molecule is CC(C)(C)OC(=O)NCC(C)(CN)c1c(F)ccc(F)c1F. The van der Waals surface area contributed by atoms with Crippen molar-refractivity contribution in [2.75, 3.05) is 13.1 Å². The summed E-state index contributed by atoms with van der Waals surface area (Å²) in [4.78, 5) is 11.7. The molecule has 0 heterocycles. The van der Waals surface area contributed by atoms with Crippen LogP contribution in [-0.2, 0) is 10.2 Å². The second kappa shape index (κ2) is 6.56. The number of amides is 1. The van der Waals surface area contributed by atoms with E-state index in [0.717, 1.165) is 6.07 Å². The molecule has 1 rings (SSSR count). The Kier molecular flexibility index (Phi) is 5.45. The van der Waals surface area contributed by atoms with Gasteiger partial charge >= 0.3 is 6.09 Å². The third-order valence-electron chi connectivity index (χ3n) is 3.12. The molecule has 0 saturated heterocycles. The Morgan fingerprint density at radius 3 is 2.23 bits per heavy atom. The van der Waals surface area contributed by atoms with Crippen LogP contribution in [-0.4, -0.2) is 24.8 Å². The lowest BCUT2D eigenvalue weighted by atomic mass is 9.81. The molecule has 1 aromatic carbocycles. The Morgan fingerprint density at radius 1 is 1.18 bits per heavy atom. The summed E-state index contributed by atoms with van der Waals surface area (Å²) in [5, 5.41) is 2.41. The maximum absolute atomic E-state index is 13.9. The first-order chi connectivity index (χ1) is 10.00. The number of benzene rings is 1. The topological polar surface area (TPSA) is 64.3 Å². The van der Waals surface area contributed by atoms with Gasteiger partial charge in [-0.3, -0.25) is 0 Å². The minimum absolute atomic E-state index is 0.194. The minimum atomic E-state index is -1.31. The lowest BCUT2D eigenvalue weighted by Crippen LogP contribution is -2.46. The molecular weight excluding hydrogens is 297 g/mol. The maximum atomic E-state index is 13.9. The molecule has 124 valence electrons. The van der Waals surface area contributed by atoms with Crippen LogP contribution in [0.15, 0.2) is 12.1 Å². The van der Waals surface area contributed by atoms with Crippen molar-refractivity contribution in [3.05, 3.63) is 35.1 Å². The van der Waals surface area contributed by atoms with Crippen LogP contribution in [0.3, 0.4) is 0 Å². The normalized spacial score (nSPS) is 14.4. The monoisotopic (exact) mass is 318 g/mol. The standard InChI is InChI=1S/C15H21F3N2O2/c1-14(2,3)22-13(21)20-8-15(4,7-19)11-9(16)5-6-10(17)12(11)18/h5-6H,7-8,19H2,1-4H3,(H,20,21). The Hall–Kier alpha value is -1.76. The summed E-state index contributed by atoms with van der Waals surface area (Å²) in [7, 11) is 0. The van der Waals surface area contributed by atoms with Gasteiger partial charge in [0.1, 0.15) is 11.4 Å². The van der Waals surface area contributed by atoms with E-state index in [1.54, 1.807) is 20.8 Å². The molecule has 1 unspecified atom stereocenters. The van der Waals surface area contributed by atoms with Crippen LogP contribution in [0.4, 0.5) is 18.0 Å². The smallest absolute Gasteiger partial charge is 0.407 e. The highest BCUT2D eigenvalue weighted by Crippen LogP contribution is 2.29. The fourth-order valence-corrected chi connectivity index (χ4v) is 1.92. The molecule has 1 aromatic rings. The number of nitrogens with two attached hydrogens (primary N) is 1. The molecule has 0 aromatic heterocycles. The molecule has 1 atom stereocenters. The van der Waals surface area contributed by atoms with Gasteiger partial charge in [-0.2, -0.15) is 0 Å². The molecule has 0 aliphatic carbocycles. The Bertz CT molecular complexity index is 558. The van der Waals surface area contributed by atoms with E-state index in [0.29, 0.717) is 6.07 Å². The lowest BCUT2D eigenvalue weighted by Gasteiger charge is -2.30. The third-order valence-corrected chi connectivity index (χ3v) is 3.12. The molecule has 0 aliphatic rings. The summed E-state index contributed by atoms with van der Waals surface area (Å²) < 4.78 is 46.2. The van der Waals surface area contributed by atoms with E-state index in [2.05, 4.69) is 5.32 Å². The molecule has 0 bridgehead atoms.